The van der Waals surface area contributed by atoms with Crippen LogP contribution in [0.4, 0.5) is 13.2 Å². The van der Waals surface area contributed by atoms with Gasteiger partial charge in [-0.25, -0.2) is 0 Å². The van der Waals surface area contributed by atoms with Crippen LogP contribution in [-0.4, -0.2) is 9.78 Å². The quantitative estimate of drug-likeness (QED) is 0.643. The average Bonchev–Trinajstić information content (AvgIpc) is 2.79. The van der Waals surface area contributed by atoms with Gasteiger partial charge in [0.2, 0.25) is 0 Å². The summed E-state index contributed by atoms with van der Waals surface area (Å²) in [5.74, 6) is 0. The highest BCUT2D eigenvalue weighted by molar-refractivity contribution is 5.93. The molecule has 2 nitrogen and oxygen atoms in total. The molecule has 0 unspecified atom stereocenters. The zero-order chi connectivity index (χ0) is 13.5. The first-order valence-corrected chi connectivity index (χ1v) is 5.68. The zero-order valence-corrected chi connectivity index (χ0v) is 9.72. The van der Waals surface area contributed by atoms with Gasteiger partial charge in [-0.3, -0.25) is 0 Å². The van der Waals surface area contributed by atoms with E-state index >= 15 is 0 Å². The monoisotopic (exact) mass is 262 g/mol. The van der Waals surface area contributed by atoms with Crippen molar-refractivity contribution in [1.29, 1.82) is 0 Å². The second-order valence-electron chi connectivity index (χ2n) is 4.11. The summed E-state index contributed by atoms with van der Waals surface area (Å²) in [5, 5.41) is 4.14. The van der Waals surface area contributed by atoms with Crippen LogP contribution in [0.3, 0.4) is 0 Å². The molecule has 0 atom stereocenters. The lowest BCUT2D eigenvalue weighted by molar-refractivity contribution is -0.210. The second kappa shape index (κ2) is 4.12. The third-order valence-corrected chi connectivity index (χ3v) is 2.87. The predicted octanol–water partition coefficient (Wildman–Crippen LogP) is 4.18. The summed E-state index contributed by atoms with van der Waals surface area (Å²) in [6, 6.07) is 15.1. The van der Waals surface area contributed by atoms with Gasteiger partial charge < -0.3 is 0 Å². The summed E-state index contributed by atoms with van der Waals surface area (Å²) in [6.45, 7) is 0. The van der Waals surface area contributed by atoms with Gasteiger partial charge in [0.05, 0.1) is 11.2 Å². The normalized spacial score (nSPS) is 11.9. The maximum absolute atomic E-state index is 13.1. The molecule has 3 rings (SSSR count). The van der Waals surface area contributed by atoms with E-state index in [2.05, 4.69) is 5.10 Å². The van der Waals surface area contributed by atoms with E-state index in [1.54, 1.807) is 54.6 Å². The van der Waals surface area contributed by atoms with E-state index in [1.807, 2.05) is 0 Å². The van der Waals surface area contributed by atoms with Gasteiger partial charge in [0.25, 0.3) is 0 Å². The van der Waals surface area contributed by atoms with Crippen LogP contribution in [0.1, 0.15) is 0 Å². The number of fused-ring (bicyclic) bond motifs is 1. The van der Waals surface area contributed by atoms with Crippen LogP contribution in [0.5, 0.6) is 0 Å². The number of hydrogen-bond acceptors (Lipinski definition) is 1. The Labute approximate surface area is 107 Å². The highest BCUT2D eigenvalue weighted by atomic mass is 19.4. The van der Waals surface area contributed by atoms with E-state index in [0.717, 1.165) is 0 Å². The van der Waals surface area contributed by atoms with Crippen molar-refractivity contribution < 1.29 is 13.2 Å². The van der Waals surface area contributed by atoms with Crippen LogP contribution >= 0.6 is 0 Å². The first-order chi connectivity index (χ1) is 9.07. The average molecular weight is 262 g/mol. The molecule has 0 aliphatic rings. The highest BCUT2D eigenvalue weighted by Gasteiger charge is 2.35. The van der Waals surface area contributed by atoms with E-state index in [0.29, 0.717) is 16.5 Å². The number of halogens is 3. The van der Waals surface area contributed by atoms with Crippen molar-refractivity contribution in [2.75, 3.05) is 0 Å². The standard InChI is InChI=1S/C14H9F3N2/c15-14(16,17)19-13(10-6-2-1-3-7-10)11-8-4-5-9-12(11)18-19/h1-9H. The van der Waals surface area contributed by atoms with Crippen molar-refractivity contribution in [2.24, 2.45) is 0 Å². The van der Waals surface area contributed by atoms with Crippen molar-refractivity contribution >= 4 is 10.9 Å². The molecule has 3 aromatic rings. The predicted molar refractivity (Wildman–Crippen MR) is 66.5 cm³/mol. The summed E-state index contributed by atoms with van der Waals surface area (Å²) >= 11 is 0. The Morgan fingerprint density at radius 3 is 2.16 bits per heavy atom. The molecular formula is C14H9F3N2. The van der Waals surface area contributed by atoms with Crippen LogP contribution in [0, 0.1) is 0 Å². The van der Waals surface area contributed by atoms with Crippen LogP contribution < -0.4 is 0 Å². The molecule has 0 amide bonds. The van der Waals surface area contributed by atoms with Crippen LogP contribution in [0.15, 0.2) is 54.6 Å². The van der Waals surface area contributed by atoms with Gasteiger partial charge in [-0.1, -0.05) is 48.5 Å². The number of hydrogen-bond donors (Lipinski definition) is 0. The molecular weight excluding hydrogens is 253 g/mol. The Morgan fingerprint density at radius 2 is 1.47 bits per heavy atom. The Morgan fingerprint density at radius 1 is 0.842 bits per heavy atom. The Bertz CT molecular complexity index is 714. The van der Waals surface area contributed by atoms with Gasteiger partial charge in [0.1, 0.15) is 0 Å². The molecule has 5 heteroatoms. The van der Waals surface area contributed by atoms with Gasteiger partial charge in [-0.2, -0.15) is 9.78 Å². The molecule has 0 spiro atoms. The molecule has 2 aromatic carbocycles. The van der Waals surface area contributed by atoms with E-state index in [4.69, 9.17) is 0 Å². The Balaban J connectivity index is 2.38. The molecule has 0 fully saturated rings. The minimum atomic E-state index is -4.54. The maximum Gasteiger partial charge on any atom is 0.505 e. The Kier molecular flexibility index (Phi) is 2.55. The first-order valence-electron chi connectivity index (χ1n) is 5.68. The minimum Gasteiger partial charge on any atom is -0.170 e. The molecule has 0 saturated heterocycles. The second-order valence-corrected chi connectivity index (χ2v) is 4.11. The van der Waals surface area contributed by atoms with E-state index < -0.39 is 6.30 Å². The largest absolute Gasteiger partial charge is 0.505 e. The summed E-state index contributed by atoms with van der Waals surface area (Å²) < 4.78 is 39.4. The van der Waals surface area contributed by atoms with Gasteiger partial charge in [-0.15, -0.1) is 13.2 Å². The summed E-state index contributed by atoms with van der Waals surface area (Å²) in [6.07, 6.45) is -4.54. The van der Waals surface area contributed by atoms with Crippen LogP contribution in [0.25, 0.3) is 22.2 Å². The highest BCUT2D eigenvalue weighted by Crippen LogP contribution is 2.34. The van der Waals surface area contributed by atoms with Gasteiger partial charge in [-0.05, 0) is 6.07 Å². The third kappa shape index (κ3) is 1.97. The SMILES string of the molecule is FC(F)(F)n1nc2ccccc2c1-c1ccccc1. The van der Waals surface area contributed by atoms with E-state index in [-0.39, 0.29) is 10.4 Å². The molecule has 1 aromatic heterocycles. The molecule has 0 bridgehead atoms. The lowest BCUT2D eigenvalue weighted by atomic mass is 10.1. The zero-order valence-electron chi connectivity index (χ0n) is 9.72. The maximum atomic E-state index is 13.1. The molecule has 0 aliphatic heterocycles. The van der Waals surface area contributed by atoms with Crippen LogP contribution in [-0.2, 0) is 6.30 Å². The van der Waals surface area contributed by atoms with E-state index in [1.165, 1.54) is 0 Å². The van der Waals surface area contributed by atoms with Crippen molar-refractivity contribution in [3.05, 3.63) is 54.6 Å². The fraction of sp³-hybridized carbons (Fsp3) is 0.0714. The fourth-order valence-electron chi connectivity index (χ4n) is 2.09. The smallest absolute Gasteiger partial charge is 0.170 e. The van der Waals surface area contributed by atoms with Gasteiger partial charge in [0, 0.05) is 10.9 Å². The van der Waals surface area contributed by atoms with Crippen molar-refractivity contribution in [2.45, 2.75) is 6.30 Å². The Hall–Kier alpha value is -2.30. The fourth-order valence-corrected chi connectivity index (χ4v) is 2.09. The molecule has 0 N–H and O–H groups in total. The molecule has 1 heterocycles. The summed E-state index contributed by atoms with van der Waals surface area (Å²) in [7, 11) is 0. The lowest BCUT2D eigenvalue weighted by Crippen LogP contribution is -2.19. The number of rotatable bonds is 1. The van der Waals surface area contributed by atoms with Crippen molar-refractivity contribution in [3.8, 4) is 11.3 Å². The molecule has 0 saturated carbocycles. The summed E-state index contributed by atoms with van der Waals surface area (Å²) in [5.41, 5.74) is 0.899. The first kappa shape index (κ1) is 11.8. The number of nitrogens with zero attached hydrogens (tertiary/aromatic N) is 2. The van der Waals surface area contributed by atoms with Gasteiger partial charge >= 0.3 is 6.30 Å². The number of alkyl halides is 3. The van der Waals surface area contributed by atoms with Gasteiger partial charge in [0.15, 0.2) is 0 Å². The van der Waals surface area contributed by atoms with E-state index in [9.17, 15) is 13.2 Å². The molecule has 19 heavy (non-hydrogen) atoms. The number of aromatic nitrogens is 2. The molecule has 0 aliphatic carbocycles. The molecule has 96 valence electrons. The third-order valence-electron chi connectivity index (χ3n) is 2.87. The number of benzene rings is 2. The minimum absolute atomic E-state index is 0.0729. The van der Waals surface area contributed by atoms with Crippen LogP contribution in [0.2, 0.25) is 0 Å². The molecule has 0 radical (unpaired) electrons. The lowest BCUT2D eigenvalue weighted by Gasteiger charge is -2.10. The topological polar surface area (TPSA) is 17.8 Å². The van der Waals surface area contributed by atoms with Crippen molar-refractivity contribution in [1.82, 2.24) is 9.78 Å². The van der Waals surface area contributed by atoms with Crippen molar-refractivity contribution in [3.63, 3.8) is 0 Å². The summed E-state index contributed by atoms with van der Waals surface area (Å²) in [4.78, 5) is 0.